The molecule has 6 nitrogen and oxygen atoms in total. The highest BCUT2D eigenvalue weighted by Crippen LogP contribution is 2.25. The van der Waals surface area contributed by atoms with Crippen LogP contribution in [-0.2, 0) is 9.59 Å². The molecule has 0 unspecified atom stereocenters. The highest BCUT2D eigenvalue weighted by atomic mass is 16.5. The fraction of sp³-hybridized carbons (Fsp3) is 0.385. The van der Waals surface area contributed by atoms with Crippen LogP contribution in [0.5, 0.6) is 11.5 Å². The summed E-state index contributed by atoms with van der Waals surface area (Å²) < 4.78 is 10.6. The zero-order valence-corrected chi connectivity index (χ0v) is 10.7. The van der Waals surface area contributed by atoms with Crippen LogP contribution in [0.15, 0.2) is 24.3 Å². The van der Waals surface area contributed by atoms with Crippen LogP contribution in [0, 0.1) is 0 Å². The van der Waals surface area contributed by atoms with Crippen molar-refractivity contribution in [1.82, 2.24) is 10.2 Å². The van der Waals surface area contributed by atoms with Gasteiger partial charge in [0.15, 0.2) is 18.1 Å². The second kappa shape index (κ2) is 6.08. The molecule has 1 aromatic carbocycles. The summed E-state index contributed by atoms with van der Waals surface area (Å²) in [5, 5.41) is 2.67. The summed E-state index contributed by atoms with van der Waals surface area (Å²) in [6, 6.07) is 7.11. The minimum absolute atomic E-state index is 0.0914. The van der Waals surface area contributed by atoms with Gasteiger partial charge in [0, 0.05) is 13.1 Å². The number of methoxy groups -OCH3 is 1. The molecular weight excluding hydrogens is 248 g/mol. The van der Waals surface area contributed by atoms with E-state index in [0.29, 0.717) is 24.6 Å². The summed E-state index contributed by atoms with van der Waals surface area (Å²) in [6.07, 6.45) is 0. The lowest BCUT2D eigenvalue weighted by Crippen LogP contribution is -2.51. The molecule has 1 aliphatic rings. The van der Waals surface area contributed by atoms with E-state index < -0.39 is 0 Å². The molecular formula is C13H16N2O4. The Morgan fingerprint density at radius 2 is 2.11 bits per heavy atom. The van der Waals surface area contributed by atoms with Crippen LogP contribution in [0.25, 0.3) is 0 Å². The number of piperazine rings is 1. The number of para-hydroxylation sites is 2. The number of nitrogens with zero attached hydrogens (tertiary/aromatic N) is 1. The summed E-state index contributed by atoms with van der Waals surface area (Å²) in [4.78, 5) is 24.6. The molecule has 102 valence electrons. The molecule has 0 aliphatic carbocycles. The third-order valence-electron chi connectivity index (χ3n) is 2.81. The van der Waals surface area contributed by atoms with Gasteiger partial charge in [0.2, 0.25) is 5.91 Å². The van der Waals surface area contributed by atoms with E-state index in [9.17, 15) is 9.59 Å². The molecule has 1 heterocycles. The Morgan fingerprint density at radius 3 is 2.79 bits per heavy atom. The van der Waals surface area contributed by atoms with Crippen molar-refractivity contribution in [2.45, 2.75) is 0 Å². The molecule has 19 heavy (non-hydrogen) atoms. The topological polar surface area (TPSA) is 67.9 Å². The molecule has 1 aromatic rings. The quantitative estimate of drug-likeness (QED) is 0.833. The second-order valence-corrected chi connectivity index (χ2v) is 4.10. The average Bonchev–Trinajstić information content (AvgIpc) is 2.45. The number of ether oxygens (including phenoxy) is 2. The van der Waals surface area contributed by atoms with Gasteiger partial charge < -0.3 is 19.7 Å². The van der Waals surface area contributed by atoms with Crippen molar-refractivity contribution >= 4 is 11.8 Å². The van der Waals surface area contributed by atoms with E-state index in [2.05, 4.69) is 5.32 Å². The van der Waals surface area contributed by atoms with E-state index in [-0.39, 0.29) is 25.0 Å². The molecule has 1 saturated heterocycles. The minimum atomic E-state index is -0.208. The van der Waals surface area contributed by atoms with E-state index in [0.717, 1.165) is 0 Å². The van der Waals surface area contributed by atoms with Crippen molar-refractivity contribution in [2.75, 3.05) is 33.4 Å². The molecule has 0 aromatic heterocycles. The third kappa shape index (κ3) is 3.37. The maximum absolute atomic E-state index is 11.9. The number of amides is 2. The number of benzene rings is 1. The molecule has 1 N–H and O–H groups in total. The summed E-state index contributed by atoms with van der Waals surface area (Å²) in [5.74, 6) is 0.740. The Hall–Kier alpha value is -2.24. The van der Waals surface area contributed by atoms with Gasteiger partial charge in [-0.2, -0.15) is 0 Å². The van der Waals surface area contributed by atoms with Crippen LogP contribution in [0.3, 0.4) is 0 Å². The fourth-order valence-electron chi connectivity index (χ4n) is 1.82. The lowest BCUT2D eigenvalue weighted by Gasteiger charge is -2.26. The molecule has 2 amide bonds. The standard InChI is InChI=1S/C13H16N2O4/c1-18-10-4-2-3-5-11(10)19-9-13(17)15-7-6-14-12(16)8-15/h2-5H,6-9H2,1H3,(H,14,16). The second-order valence-electron chi connectivity index (χ2n) is 4.10. The molecule has 0 spiro atoms. The Labute approximate surface area is 111 Å². The predicted octanol–water partition coefficient (Wildman–Crippen LogP) is 0.0324. The zero-order chi connectivity index (χ0) is 13.7. The smallest absolute Gasteiger partial charge is 0.261 e. The largest absolute Gasteiger partial charge is 0.493 e. The summed E-state index contributed by atoms with van der Waals surface area (Å²) in [6.45, 7) is 0.987. The third-order valence-corrected chi connectivity index (χ3v) is 2.81. The van der Waals surface area contributed by atoms with Crippen molar-refractivity contribution in [3.05, 3.63) is 24.3 Å². The van der Waals surface area contributed by atoms with Gasteiger partial charge in [-0.25, -0.2) is 0 Å². The first kappa shape index (κ1) is 13.2. The average molecular weight is 264 g/mol. The first-order valence-corrected chi connectivity index (χ1v) is 6.01. The lowest BCUT2D eigenvalue weighted by molar-refractivity contribution is -0.139. The van der Waals surface area contributed by atoms with Crippen LogP contribution < -0.4 is 14.8 Å². The van der Waals surface area contributed by atoms with Gasteiger partial charge in [-0.1, -0.05) is 12.1 Å². The van der Waals surface area contributed by atoms with E-state index in [1.165, 1.54) is 4.90 Å². The van der Waals surface area contributed by atoms with Gasteiger partial charge in [0.1, 0.15) is 0 Å². The summed E-state index contributed by atoms with van der Waals surface area (Å²) >= 11 is 0. The van der Waals surface area contributed by atoms with Gasteiger partial charge >= 0.3 is 0 Å². The molecule has 0 atom stereocenters. The van der Waals surface area contributed by atoms with Crippen molar-refractivity contribution in [3.8, 4) is 11.5 Å². The Kier molecular flexibility index (Phi) is 4.22. The van der Waals surface area contributed by atoms with Gasteiger partial charge in [0.05, 0.1) is 13.7 Å². The number of carbonyl (C=O) groups is 2. The van der Waals surface area contributed by atoms with E-state index >= 15 is 0 Å². The van der Waals surface area contributed by atoms with Crippen LogP contribution in [0.2, 0.25) is 0 Å². The number of carbonyl (C=O) groups excluding carboxylic acids is 2. The number of hydrogen-bond donors (Lipinski definition) is 1. The van der Waals surface area contributed by atoms with Gasteiger partial charge in [-0.15, -0.1) is 0 Å². The lowest BCUT2D eigenvalue weighted by atomic mass is 10.3. The van der Waals surface area contributed by atoms with Crippen molar-refractivity contribution in [2.24, 2.45) is 0 Å². The maximum Gasteiger partial charge on any atom is 0.261 e. The number of hydrogen-bond acceptors (Lipinski definition) is 4. The highest BCUT2D eigenvalue weighted by Gasteiger charge is 2.21. The van der Waals surface area contributed by atoms with Crippen LogP contribution in [0.1, 0.15) is 0 Å². The Bertz CT molecular complexity index is 475. The maximum atomic E-state index is 11.9. The summed E-state index contributed by atoms with van der Waals surface area (Å²) in [7, 11) is 1.54. The Balaban J connectivity index is 1.91. The molecule has 6 heteroatoms. The van der Waals surface area contributed by atoms with E-state index in [1.807, 2.05) is 6.07 Å². The number of rotatable bonds is 4. The minimum Gasteiger partial charge on any atom is -0.493 e. The highest BCUT2D eigenvalue weighted by molar-refractivity contribution is 5.86. The summed E-state index contributed by atoms with van der Waals surface area (Å²) in [5.41, 5.74) is 0. The molecule has 2 rings (SSSR count). The van der Waals surface area contributed by atoms with Gasteiger partial charge in [0.25, 0.3) is 5.91 Å². The van der Waals surface area contributed by atoms with Crippen LogP contribution in [0.4, 0.5) is 0 Å². The van der Waals surface area contributed by atoms with Crippen molar-refractivity contribution < 1.29 is 19.1 Å². The molecule has 0 saturated carbocycles. The molecule has 0 radical (unpaired) electrons. The van der Waals surface area contributed by atoms with Crippen molar-refractivity contribution in [1.29, 1.82) is 0 Å². The van der Waals surface area contributed by atoms with E-state index in [1.54, 1.807) is 25.3 Å². The Morgan fingerprint density at radius 1 is 1.37 bits per heavy atom. The van der Waals surface area contributed by atoms with Gasteiger partial charge in [-0.3, -0.25) is 9.59 Å². The first-order chi connectivity index (χ1) is 9.20. The van der Waals surface area contributed by atoms with Crippen LogP contribution >= 0.6 is 0 Å². The monoisotopic (exact) mass is 264 g/mol. The first-order valence-electron chi connectivity index (χ1n) is 6.01. The molecule has 0 bridgehead atoms. The zero-order valence-electron chi connectivity index (χ0n) is 10.7. The number of nitrogens with one attached hydrogen (secondary N) is 1. The molecule has 1 fully saturated rings. The predicted molar refractivity (Wildman–Crippen MR) is 68.1 cm³/mol. The van der Waals surface area contributed by atoms with Crippen molar-refractivity contribution in [3.63, 3.8) is 0 Å². The van der Waals surface area contributed by atoms with Gasteiger partial charge in [-0.05, 0) is 12.1 Å². The SMILES string of the molecule is COc1ccccc1OCC(=O)N1CCNC(=O)C1. The fourth-order valence-corrected chi connectivity index (χ4v) is 1.82. The molecule has 1 aliphatic heterocycles. The normalized spacial score (nSPS) is 14.8. The van der Waals surface area contributed by atoms with Crippen LogP contribution in [-0.4, -0.2) is 50.1 Å². The van der Waals surface area contributed by atoms with E-state index in [4.69, 9.17) is 9.47 Å².